The van der Waals surface area contributed by atoms with Crippen molar-refractivity contribution >= 4 is 33.9 Å². The van der Waals surface area contributed by atoms with Crippen LogP contribution < -0.4 is 26.0 Å². The van der Waals surface area contributed by atoms with E-state index in [0.29, 0.717) is 22.5 Å². The van der Waals surface area contributed by atoms with Gasteiger partial charge in [0.15, 0.2) is 17.4 Å². The number of ether oxygens (including phenoxy) is 1. The fourth-order valence-electron chi connectivity index (χ4n) is 3.72. The Balaban J connectivity index is 1.35. The molecule has 164 valence electrons. The van der Waals surface area contributed by atoms with E-state index in [1.54, 1.807) is 18.2 Å². The highest BCUT2D eigenvalue weighted by Gasteiger charge is 2.16. The third-order valence-electron chi connectivity index (χ3n) is 5.37. The van der Waals surface area contributed by atoms with Gasteiger partial charge in [0, 0.05) is 42.8 Å². The summed E-state index contributed by atoms with van der Waals surface area (Å²) in [6.45, 7) is 5.66. The number of hydrogen-bond acceptors (Lipinski definition) is 8. The number of fused-ring (bicyclic) bond motifs is 1. The van der Waals surface area contributed by atoms with Crippen LogP contribution in [0.1, 0.15) is 5.69 Å². The van der Waals surface area contributed by atoms with Crippen molar-refractivity contribution in [2.45, 2.75) is 6.92 Å². The molecule has 10 heteroatoms. The molecule has 0 unspecified atom stereocenters. The molecule has 0 aliphatic carbocycles. The topological polar surface area (TPSA) is 117 Å². The smallest absolute Gasteiger partial charge is 0.248 e. The maximum atomic E-state index is 14.9. The SMILES string of the molecule is Cc1cc2c(F)c(Oc3ncnc(Nc4ccc(N5CCNCC5)cn4)c3N)ccc2[nH]1. The second-order valence-electron chi connectivity index (χ2n) is 7.60. The first kappa shape index (κ1) is 20.0. The number of H-pyrrole nitrogens is 1. The summed E-state index contributed by atoms with van der Waals surface area (Å²) in [5.74, 6) is 0.522. The van der Waals surface area contributed by atoms with Gasteiger partial charge in [-0.25, -0.2) is 14.4 Å². The van der Waals surface area contributed by atoms with Crippen LogP contribution in [0.3, 0.4) is 0 Å². The molecule has 1 fully saturated rings. The van der Waals surface area contributed by atoms with Gasteiger partial charge in [-0.2, -0.15) is 4.98 Å². The third-order valence-corrected chi connectivity index (χ3v) is 5.37. The zero-order chi connectivity index (χ0) is 22.1. The Labute approximate surface area is 183 Å². The quantitative estimate of drug-likeness (QED) is 0.378. The average molecular weight is 434 g/mol. The minimum Gasteiger partial charge on any atom is -0.434 e. The van der Waals surface area contributed by atoms with Crippen LogP contribution in [0.25, 0.3) is 10.9 Å². The van der Waals surface area contributed by atoms with E-state index in [9.17, 15) is 4.39 Å². The summed E-state index contributed by atoms with van der Waals surface area (Å²) in [7, 11) is 0. The average Bonchev–Trinajstić information content (AvgIpc) is 3.20. The molecule has 0 saturated carbocycles. The standard InChI is InChI=1S/C22H23FN8O/c1-13-10-15-16(29-13)3-4-17(19(15)23)32-22-20(24)21(27-12-28-22)30-18-5-2-14(11-26-18)31-8-6-25-7-9-31/h2-5,10-12,25,29H,6-9,24H2,1H3,(H,26,27,28,30). The van der Waals surface area contributed by atoms with Crippen molar-refractivity contribution in [2.24, 2.45) is 0 Å². The first-order chi connectivity index (χ1) is 15.6. The highest BCUT2D eigenvalue weighted by molar-refractivity contribution is 5.83. The van der Waals surface area contributed by atoms with Gasteiger partial charge < -0.3 is 31.0 Å². The number of hydrogen-bond donors (Lipinski definition) is 4. The zero-order valence-corrected chi connectivity index (χ0v) is 17.5. The fraction of sp³-hybridized carbons (Fsp3) is 0.227. The number of piperazine rings is 1. The van der Waals surface area contributed by atoms with Crippen molar-refractivity contribution in [3.8, 4) is 11.6 Å². The van der Waals surface area contributed by atoms with Crippen LogP contribution in [0.15, 0.2) is 42.9 Å². The van der Waals surface area contributed by atoms with Gasteiger partial charge in [-0.3, -0.25) is 0 Å². The maximum absolute atomic E-state index is 14.9. The molecule has 0 atom stereocenters. The second-order valence-corrected chi connectivity index (χ2v) is 7.60. The van der Waals surface area contributed by atoms with Crippen molar-refractivity contribution in [2.75, 3.05) is 42.1 Å². The molecule has 1 aliphatic heterocycles. The number of nitrogens with one attached hydrogen (secondary N) is 3. The summed E-state index contributed by atoms with van der Waals surface area (Å²) in [4.78, 5) is 18.1. The van der Waals surface area contributed by atoms with Crippen LogP contribution in [0.5, 0.6) is 11.6 Å². The number of rotatable bonds is 5. The first-order valence-electron chi connectivity index (χ1n) is 10.3. The normalized spacial score (nSPS) is 14.0. The lowest BCUT2D eigenvalue weighted by Gasteiger charge is -2.29. The second kappa shape index (κ2) is 8.31. The number of halogens is 1. The Bertz CT molecular complexity index is 1250. The summed E-state index contributed by atoms with van der Waals surface area (Å²) in [5, 5.41) is 6.85. The van der Waals surface area contributed by atoms with Gasteiger partial charge in [0.2, 0.25) is 5.88 Å². The highest BCUT2D eigenvalue weighted by atomic mass is 19.1. The minimum absolute atomic E-state index is 0.0337. The molecular formula is C22H23FN8O. The number of nitrogens with two attached hydrogens (primary N) is 1. The Morgan fingerprint density at radius 2 is 1.97 bits per heavy atom. The number of aromatic nitrogens is 4. The van der Waals surface area contributed by atoms with Crippen LogP contribution in [-0.2, 0) is 0 Å². The Morgan fingerprint density at radius 3 is 2.75 bits per heavy atom. The van der Waals surface area contributed by atoms with E-state index in [4.69, 9.17) is 10.5 Å². The summed E-state index contributed by atoms with van der Waals surface area (Å²) in [6.07, 6.45) is 3.12. The van der Waals surface area contributed by atoms with E-state index in [0.717, 1.165) is 37.6 Å². The monoisotopic (exact) mass is 434 g/mol. The van der Waals surface area contributed by atoms with Gasteiger partial charge in [-0.05, 0) is 37.3 Å². The van der Waals surface area contributed by atoms with Crippen LogP contribution in [0, 0.1) is 12.7 Å². The largest absolute Gasteiger partial charge is 0.434 e. The number of pyridine rings is 1. The van der Waals surface area contributed by atoms with E-state index >= 15 is 0 Å². The lowest BCUT2D eigenvalue weighted by Crippen LogP contribution is -2.43. The Hall–Kier alpha value is -3.92. The summed E-state index contributed by atoms with van der Waals surface area (Å²) >= 11 is 0. The molecule has 9 nitrogen and oxygen atoms in total. The maximum Gasteiger partial charge on any atom is 0.248 e. The Kier molecular flexibility index (Phi) is 5.20. The lowest BCUT2D eigenvalue weighted by molar-refractivity contribution is 0.432. The lowest BCUT2D eigenvalue weighted by atomic mass is 10.2. The fourth-order valence-corrected chi connectivity index (χ4v) is 3.72. The van der Waals surface area contributed by atoms with E-state index < -0.39 is 5.82 Å². The molecular weight excluding hydrogens is 411 g/mol. The van der Waals surface area contributed by atoms with Gasteiger partial charge in [-0.15, -0.1) is 0 Å². The molecule has 1 aliphatic rings. The summed E-state index contributed by atoms with van der Waals surface area (Å²) in [5.41, 5.74) is 8.98. The molecule has 0 radical (unpaired) electrons. The summed E-state index contributed by atoms with van der Waals surface area (Å²) < 4.78 is 20.6. The molecule has 3 aromatic heterocycles. The molecule has 1 saturated heterocycles. The van der Waals surface area contributed by atoms with Gasteiger partial charge in [-0.1, -0.05) is 0 Å². The van der Waals surface area contributed by atoms with Gasteiger partial charge in [0.25, 0.3) is 0 Å². The Morgan fingerprint density at radius 1 is 1.12 bits per heavy atom. The molecule has 5 rings (SSSR count). The molecule has 5 N–H and O–H groups in total. The van der Waals surface area contributed by atoms with Crippen molar-refractivity contribution < 1.29 is 9.13 Å². The van der Waals surface area contributed by atoms with Crippen molar-refractivity contribution in [3.05, 3.63) is 54.4 Å². The van der Waals surface area contributed by atoms with Crippen molar-refractivity contribution in [1.82, 2.24) is 25.3 Å². The number of anilines is 4. The highest BCUT2D eigenvalue weighted by Crippen LogP contribution is 2.34. The molecule has 1 aromatic carbocycles. The third kappa shape index (κ3) is 3.87. The molecule has 0 bridgehead atoms. The molecule has 0 spiro atoms. The number of aromatic amines is 1. The predicted octanol–water partition coefficient (Wildman–Crippen LogP) is 3.33. The van der Waals surface area contributed by atoms with E-state index in [2.05, 4.69) is 35.5 Å². The van der Waals surface area contributed by atoms with Crippen LogP contribution in [0.2, 0.25) is 0 Å². The van der Waals surface area contributed by atoms with Gasteiger partial charge >= 0.3 is 0 Å². The molecule has 4 heterocycles. The number of nitrogens with zero attached hydrogens (tertiary/aromatic N) is 4. The van der Waals surface area contributed by atoms with Crippen molar-refractivity contribution in [1.29, 1.82) is 0 Å². The number of benzene rings is 1. The van der Waals surface area contributed by atoms with Crippen LogP contribution >= 0.6 is 0 Å². The van der Waals surface area contributed by atoms with Gasteiger partial charge in [0.05, 0.1) is 11.9 Å². The van der Waals surface area contributed by atoms with E-state index in [1.165, 1.54) is 6.33 Å². The predicted molar refractivity (Wildman–Crippen MR) is 122 cm³/mol. The number of nitrogen functional groups attached to an aromatic ring is 1. The van der Waals surface area contributed by atoms with E-state index in [1.807, 2.05) is 25.3 Å². The van der Waals surface area contributed by atoms with Gasteiger partial charge in [0.1, 0.15) is 17.8 Å². The van der Waals surface area contributed by atoms with E-state index in [-0.39, 0.29) is 17.3 Å². The van der Waals surface area contributed by atoms with Crippen LogP contribution in [0.4, 0.5) is 27.4 Å². The molecule has 32 heavy (non-hydrogen) atoms. The molecule has 4 aromatic rings. The zero-order valence-electron chi connectivity index (χ0n) is 17.5. The van der Waals surface area contributed by atoms with Crippen molar-refractivity contribution in [3.63, 3.8) is 0 Å². The van der Waals surface area contributed by atoms with Crippen LogP contribution in [-0.4, -0.2) is 46.1 Å². The molecule has 0 amide bonds. The minimum atomic E-state index is -0.482. The number of aryl methyl sites for hydroxylation is 1. The summed E-state index contributed by atoms with van der Waals surface area (Å²) in [6, 6.07) is 8.88. The first-order valence-corrected chi connectivity index (χ1v) is 10.3.